The lowest BCUT2D eigenvalue weighted by Crippen LogP contribution is -2.51. The third-order valence-corrected chi connectivity index (χ3v) is 26.4. The molecule has 0 aromatic rings. The van der Waals surface area contributed by atoms with Crippen LogP contribution in [-0.2, 0) is 0 Å². The van der Waals surface area contributed by atoms with E-state index in [4.69, 9.17) is 0 Å². The van der Waals surface area contributed by atoms with E-state index in [2.05, 4.69) is 66.3 Å². The van der Waals surface area contributed by atoms with Gasteiger partial charge in [-0.15, -0.1) is 6.58 Å². The van der Waals surface area contributed by atoms with Crippen LogP contribution in [0.25, 0.3) is 0 Å². The predicted octanol–water partition coefficient (Wildman–Crippen LogP) is 12.1. The Labute approximate surface area is 223 Å². The minimum Gasteiger partial charge on any atom is -0.103 e. The summed E-state index contributed by atoms with van der Waals surface area (Å²) >= 11 is 0. The monoisotopic (exact) mass is 514 g/mol. The van der Waals surface area contributed by atoms with Crippen molar-refractivity contribution in [2.75, 3.05) is 0 Å². The van der Waals surface area contributed by atoms with E-state index in [9.17, 15) is 0 Å². The molecule has 2 heteroatoms. The molecule has 0 nitrogen and oxygen atoms in total. The first-order chi connectivity index (χ1) is 16.8. The molecular weight excluding hydrogens is 453 g/mol. The summed E-state index contributed by atoms with van der Waals surface area (Å²) < 4.78 is 0. The van der Waals surface area contributed by atoms with Crippen molar-refractivity contribution in [3.8, 4) is 0 Å². The van der Waals surface area contributed by atoms with Gasteiger partial charge in [-0.2, -0.15) is 0 Å². The van der Waals surface area contributed by atoms with Gasteiger partial charge >= 0.3 is 0 Å². The Hall–Kier alpha value is -0.0862. The van der Waals surface area contributed by atoms with Crippen LogP contribution in [-0.4, -0.2) is 16.1 Å². The van der Waals surface area contributed by atoms with Crippen LogP contribution in [0.1, 0.15) is 131 Å². The molecule has 0 heterocycles. The summed E-state index contributed by atoms with van der Waals surface area (Å²) in [6.07, 6.45) is 29.3. The maximum atomic E-state index is 4.40. The molecule has 202 valence electrons. The van der Waals surface area contributed by atoms with Crippen LogP contribution < -0.4 is 0 Å². The largest absolute Gasteiger partial charge is 0.103 e. The zero-order chi connectivity index (χ0) is 25.5. The summed E-state index contributed by atoms with van der Waals surface area (Å²) in [4.78, 5) is 0. The Kier molecular flexibility index (Phi) is 11.5. The fraction of sp³-hybridized carbons (Fsp3) is 0.879. The van der Waals surface area contributed by atoms with E-state index >= 15 is 0 Å². The molecule has 2 unspecified atom stereocenters. The summed E-state index contributed by atoms with van der Waals surface area (Å²) in [5.74, 6) is 0.857. The van der Waals surface area contributed by atoms with Gasteiger partial charge in [-0.25, -0.2) is 0 Å². The molecular formula is C33H62Si2. The Morgan fingerprint density at radius 2 is 1.11 bits per heavy atom. The molecule has 0 spiro atoms. The quantitative estimate of drug-likeness (QED) is 0.190. The number of hydrogen-bond acceptors (Lipinski definition) is 0. The van der Waals surface area contributed by atoms with Crippen molar-refractivity contribution in [3.05, 3.63) is 24.8 Å². The molecule has 35 heavy (non-hydrogen) atoms. The van der Waals surface area contributed by atoms with Gasteiger partial charge in [0, 0.05) is 0 Å². The first-order valence-electron chi connectivity index (χ1n) is 16.1. The number of rotatable bonds is 11. The molecule has 0 aliphatic heterocycles. The normalized spacial score (nSPS) is 26.3. The molecule has 0 amide bonds. The Balaban J connectivity index is 1.82. The van der Waals surface area contributed by atoms with Gasteiger partial charge in [0.05, 0.1) is 16.1 Å². The first-order valence-corrected chi connectivity index (χ1v) is 20.9. The van der Waals surface area contributed by atoms with Gasteiger partial charge in [0.15, 0.2) is 0 Å². The van der Waals surface area contributed by atoms with E-state index in [0.29, 0.717) is 0 Å². The second-order valence-corrected chi connectivity index (χ2v) is 25.3. The van der Waals surface area contributed by atoms with E-state index in [1.165, 1.54) is 69.9 Å². The van der Waals surface area contributed by atoms with E-state index in [1.54, 1.807) is 32.1 Å². The highest BCUT2D eigenvalue weighted by atomic mass is 28.3. The Morgan fingerprint density at radius 1 is 0.629 bits per heavy atom. The fourth-order valence-electron chi connectivity index (χ4n) is 10.1. The van der Waals surface area contributed by atoms with Crippen LogP contribution >= 0.6 is 0 Å². The molecule has 0 N–H and O–H groups in total. The predicted molar refractivity (Wildman–Crippen MR) is 165 cm³/mol. The van der Waals surface area contributed by atoms with Crippen LogP contribution in [0.3, 0.4) is 0 Å². The summed E-state index contributed by atoms with van der Waals surface area (Å²) in [5.41, 5.74) is 5.89. The zero-order valence-electron chi connectivity index (χ0n) is 24.8. The van der Waals surface area contributed by atoms with Gasteiger partial charge < -0.3 is 0 Å². The van der Waals surface area contributed by atoms with Gasteiger partial charge in [0.2, 0.25) is 0 Å². The van der Waals surface area contributed by atoms with Crippen LogP contribution in [0.5, 0.6) is 0 Å². The number of hydrogen-bond donors (Lipinski definition) is 0. The Morgan fingerprint density at radius 3 is 1.57 bits per heavy atom. The van der Waals surface area contributed by atoms with E-state index in [-0.39, 0.29) is 0 Å². The fourth-order valence-corrected chi connectivity index (χ4v) is 24.0. The van der Waals surface area contributed by atoms with Gasteiger partial charge in [-0.1, -0.05) is 153 Å². The molecule has 0 bridgehead atoms. The summed E-state index contributed by atoms with van der Waals surface area (Å²) in [6.45, 7) is 19.6. The smallest absolute Gasteiger partial charge is 0.0666 e. The molecule has 3 saturated carbocycles. The molecule has 0 saturated heterocycles. The van der Waals surface area contributed by atoms with Gasteiger partial charge in [-0.3, -0.25) is 0 Å². The SMILES string of the molecule is C=CC[Si](C1CCCCC1)(C1CCCCC1)C1CCCC(C=CC[Si](C(C)C)(C(C)C)C(C)C)C1. The van der Waals surface area contributed by atoms with Crippen LogP contribution in [0, 0.1) is 5.92 Å². The molecule has 0 aromatic heterocycles. The third kappa shape index (κ3) is 6.50. The lowest BCUT2D eigenvalue weighted by Gasteiger charge is -2.54. The molecule has 3 fully saturated rings. The topological polar surface area (TPSA) is 0 Å². The highest BCUT2D eigenvalue weighted by molar-refractivity contribution is 6.84. The highest BCUT2D eigenvalue weighted by Gasteiger charge is 2.52. The maximum absolute atomic E-state index is 4.40. The molecule has 0 aromatic carbocycles. The molecule has 3 rings (SSSR count). The van der Waals surface area contributed by atoms with Crippen molar-refractivity contribution in [1.82, 2.24) is 0 Å². The molecule has 3 aliphatic carbocycles. The van der Waals surface area contributed by atoms with Crippen LogP contribution in [0.15, 0.2) is 24.8 Å². The van der Waals surface area contributed by atoms with Crippen molar-refractivity contribution in [1.29, 1.82) is 0 Å². The third-order valence-electron chi connectivity index (χ3n) is 11.8. The molecule has 0 radical (unpaired) electrons. The first kappa shape index (κ1) is 29.5. The summed E-state index contributed by atoms with van der Waals surface area (Å²) in [5, 5.41) is 0. The summed E-state index contributed by atoms with van der Waals surface area (Å²) in [7, 11) is -2.73. The average molecular weight is 515 g/mol. The zero-order valence-corrected chi connectivity index (χ0v) is 26.8. The number of allylic oxidation sites excluding steroid dienone is 3. The van der Waals surface area contributed by atoms with Crippen molar-refractivity contribution in [2.45, 2.75) is 177 Å². The van der Waals surface area contributed by atoms with E-state index in [0.717, 1.165) is 39.2 Å². The van der Waals surface area contributed by atoms with Crippen LogP contribution in [0.4, 0.5) is 0 Å². The van der Waals surface area contributed by atoms with Crippen molar-refractivity contribution in [3.63, 3.8) is 0 Å². The summed E-state index contributed by atoms with van der Waals surface area (Å²) in [6, 6.07) is 2.84. The van der Waals surface area contributed by atoms with E-state index < -0.39 is 16.1 Å². The second-order valence-electron chi connectivity index (χ2n) is 14.1. The highest BCUT2D eigenvalue weighted by Crippen LogP contribution is 2.59. The average Bonchev–Trinajstić information content (AvgIpc) is 2.86. The standard InChI is InChI=1S/C33H62Si2/c1-8-24-35(31-19-11-9-12-20-31,32-21-13-10-14-22-32)33-23-15-17-30(26-33)18-16-25-34(27(2)3,28(4)5)29(6)7/h8,16,18,27-33H,1,9-15,17,19-26H2,2-7H3. The van der Waals surface area contributed by atoms with E-state index in [1.807, 2.05) is 0 Å². The minimum atomic E-state index is -1.41. The molecule has 3 aliphatic rings. The van der Waals surface area contributed by atoms with Crippen LogP contribution in [0.2, 0.25) is 45.3 Å². The van der Waals surface area contributed by atoms with Gasteiger partial charge in [-0.05, 0) is 47.5 Å². The van der Waals surface area contributed by atoms with Crippen molar-refractivity contribution < 1.29 is 0 Å². The van der Waals surface area contributed by atoms with Crippen molar-refractivity contribution in [2.24, 2.45) is 5.92 Å². The Bertz CT molecular complexity index is 608. The van der Waals surface area contributed by atoms with Crippen molar-refractivity contribution >= 4 is 16.1 Å². The van der Waals surface area contributed by atoms with Gasteiger partial charge in [0.25, 0.3) is 0 Å². The minimum absolute atomic E-state index is 0.857. The molecule has 2 atom stereocenters. The second kappa shape index (κ2) is 13.6. The van der Waals surface area contributed by atoms with Gasteiger partial charge in [0.1, 0.15) is 0 Å². The lowest BCUT2D eigenvalue weighted by molar-refractivity contribution is 0.379. The maximum Gasteiger partial charge on any atom is 0.0666 e. The lowest BCUT2D eigenvalue weighted by atomic mass is 9.88.